The molecule has 1 unspecified atom stereocenters. The lowest BCUT2D eigenvalue weighted by Crippen LogP contribution is -2.48. The van der Waals surface area contributed by atoms with Gasteiger partial charge in [0, 0.05) is 38.3 Å². The third kappa shape index (κ3) is 5.06. The summed E-state index contributed by atoms with van der Waals surface area (Å²) in [5.74, 6) is -0.939. The first-order valence-corrected chi connectivity index (χ1v) is 13.7. The Kier molecular flexibility index (Phi) is 7.51. The van der Waals surface area contributed by atoms with Crippen molar-refractivity contribution in [3.8, 4) is 6.07 Å². The molecule has 1 heterocycles. The molecule has 1 atom stereocenters. The Morgan fingerprint density at radius 1 is 0.949 bits per heavy atom. The van der Waals surface area contributed by atoms with Crippen LogP contribution < -0.4 is 0 Å². The zero-order chi connectivity index (χ0) is 27.6. The Balaban J connectivity index is 1.67. The van der Waals surface area contributed by atoms with Gasteiger partial charge in [0.15, 0.2) is 5.54 Å². The number of nitriles is 1. The molecule has 0 saturated heterocycles. The highest BCUT2D eigenvalue weighted by Gasteiger charge is 2.47. The normalized spacial score (nSPS) is 16.7. The summed E-state index contributed by atoms with van der Waals surface area (Å²) in [5, 5.41) is 12.9. The molecule has 5 rings (SSSR count). The monoisotopic (exact) mass is 640 g/mol. The first-order chi connectivity index (χ1) is 18.9. The summed E-state index contributed by atoms with van der Waals surface area (Å²) in [6, 6.07) is 30.6. The van der Waals surface area contributed by atoms with Gasteiger partial charge in [0.1, 0.15) is 0 Å². The van der Waals surface area contributed by atoms with Gasteiger partial charge in [-0.3, -0.25) is 9.69 Å². The molecule has 4 aromatic carbocycles. The number of rotatable bonds is 5. The van der Waals surface area contributed by atoms with Crippen molar-refractivity contribution in [2.75, 3.05) is 7.11 Å². The van der Waals surface area contributed by atoms with E-state index in [-0.39, 0.29) is 17.9 Å². The number of ether oxygens (including phenoxy) is 1. The lowest BCUT2D eigenvalue weighted by Gasteiger charge is -2.41. The quantitative estimate of drug-likeness (QED) is 0.165. The molecule has 1 aliphatic rings. The summed E-state index contributed by atoms with van der Waals surface area (Å²) in [4.78, 5) is 28.5. The fraction of sp³-hybridized carbons (Fsp3) is 0.0938. The van der Waals surface area contributed by atoms with Gasteiger partial charge in [-0.2, -0.15) is 5.26 Å². The zero-order valence-electron chi connectivity index (χ0n) is 20.9. The number of fused-ring (bicyclic) bond motifs is 2. The Bertz CT molecular complexity index is 1700. The lowest BCUT2D eigenvalue weighted by atomic mass is 9.78. The van der Waals surface area contributed by atoms with Crippen LogP contribution in [0.15, 0.2) is 107 Å². The van der Waals surface area contributed by atoms with Gasteiger partial charge in [-0.1, -0.05) is 76.6 Å². The van der Waals surface area contributed by atoms with Crippen LogP contribution in [0.25, 0.3) is 21.3 Å². The Labute approximate surface area is 243 Å². The molecule has 0 N–H and O–H groups in total. The molecule has 0 aromatic heterocycles. The van der Waals surface area contributed by atoms with Crippen molar-refractivity contribution < 1.29 is 14.3 Å². The van der Waals surface area contributed by atoms with E-state index in [1.165, 1.54) is 12.0 Å². The molecule has 0 saturated carbocycles. The van der Waals surface area contributed by atoms with Crippen molar-refractivity contribution in [1.82, 2.24) is 4.90 Å². The van der Waals surface area contributed by atoms with E-state index in [4.69, 9.17) is 4.74 Å². The second-order valence-corrected chi connectivity index (χ2v) is 10.9. The van der Waals surface area contributed by atoms with Crippen molar-refractivity contribution in [3.05, 3.63) is 129 Å². The van der Waals surface area contributed by atoms with Crippen LogP contribution in [0.5, 0.6) is 0 Å². The van der Waals surface area contributed by atoms with E-state index in [0.29, 0.717) is 15.6 Å². The number of amides is 1. The molecular weight excluding hydrogens is 620 g/mol. The molecule has 0 radical (unpaired) electrons. The second kappa shape index (κ2) is 11.0. The SMILES string of the molecule is COC(=O)/C(=C/c1ccc2ccccc2c1)CC1(C#N)c2ccccc2C(Br)=CN1C(=O)c1ccc(Br)cc1. The van der Waals surface area contributed by atoms with Gasteiger partial charge in [0.25, 0.3) is 5.91 Å². The van der Waals surface area contributed by atoms with Gasteiger partial charge in [-0.25, -0.2) is 4.79 Å². The van der Waals surface area contributed by atoms with Crippen molar-refractivity contribution in [2.24, 2.45) is 0 Å². The third-order valence-corrected chi connectivity index (χ3v) is 7.95. The Morgan fingerprint density at radius 3 is 2.36 bits per heavy atom. The number of hydrogen-bond donors (Lipinski definition) is 0. The van der Waals surface area contributed by atoms with Gasteiger partial charge < -0.3 is 4.74 Å². The predicted octanol–water partition coefficient (Wildman–Crippen LogP) is 7.82. The minimum Gasteiger partial charge on any atom is -0.466 e. The zero-order valence-corrected chi connectivity index (χ0v) is 24.1. The summed E-state index contributed by atoms with van der Waals surface area (Å²) in [5.41, 5.74) is 1.33. The number of hydrogen-bond acceptors (Lipinski definition) is 4. The summed E-state index contributed by atoms with van der Waals surface area (Å²) >= 11 is 7.00. The lowest BCUT2D eigenvalue weighted by molar-refractivity contribution is -0.136. The molecule has 0 aliphatic carbocycles. The molecular formula is C32H22Br2N2O3. The minimum atomic E-state index is -1.52. The van der Waals surface area contributed by atoms with Crippen LogP contribution in [-0.4, -0.2) is 23.9 Å². The fourth-order valence-corrected chi connectivity index (χ4v) is 5.67. The number of methoxy groups -OCH3 is 1. The molecule has 1 amide bonds. The second-order valence-electron chi connectivity index (χ2n) is 9.12. The smallest absolute Gasteiger partial charge is 0.333 e. The largest absolute Gasteiger partial charge is 0.466 e. The molecule has 4 aromatic rings. The van der Waals surface area contributed by atoms with Crippen LogP contribution in [0.4, 0.5) is 0 Å². The summed E-state index contributed by atoms with van der Waals surface area (Å²) in [6.07, 6.45) is 3.27. The van der Waals surface area contributed by atoms with Crippen LogP contribution in [0.1, 0.15) is 33.5 Å². The van der Waals surface area contributed by atoms with Crippen LogP contribution in [0.2, 0.25) is 0 Å². The summed E-state index contributed by atoms with van der Waals surface area (Å²) < 4.78 is 6.65. The average Bonchev–Trinajstić information content (AvgIpc) is 2.97. The molecule has 5 nitrogen and oxygen atoms in total. The molecule has 39 heavy (non-hydrogen) atoms. The first-order valence-electron chi connectivity index (χ1n) is 12.1. The van der Waals surface area contributed by atoms with Crippen LogP contribution in [0.3, 0.4) is 0 Å². The van der Waals surface area contributed by atoms with Gasteiger partial charge in [-0.05, 0) is 74.2 Å². The van der Waals surface area contributed by atoms with Gasteiger partial charge in [0.05, 0.1) is 13.2 Å². The highest BCUT2D eigenvalue weighted by molar-refractivity contribution is 9.15. The number of nitrogens with zero attached hydrogens (tertiary/aromatic N) is 2. The maximum atomic E-state index is 13.9. The molecule has 7 heteroatoms. The topological polar surface area (TPSA) is 70.4 Å². The van der Waals surface area contributed by atoms with Crippen molar-refractivity contribution in [2.45, 2.75) is 12.0 Å². The summed E-state index contributed by atoms with van der Waals surface area (Å²) in [6.45, 7) is 0. The van der Waals surface area contributed by atoms with Gasteiger partial charge in [0.2, 0.25) is 0 Å². The fourth-order valence-electron chi connectivity index (χ4n) is 4.86. The molecule has 192 valence electrons. The average molecular weight is 642 g/mol. The maximum absolute atomic E-state index is 13.9. The van der Waals surface area contributed by atoms with E-state index in [0.717, 1.165) is 26.4 Å². The number of benzene rings is 4. The highest BCUT2D eigenvalue weighted by atomic mass is 79.9. The van der Waals surface area contributed by atoms with E-state index in [1.54, 1.807) is 36.5 Å². The molecule has 0 fully saturated rings. The number of carbonyl (C=O) groups excluding carboxylic acids is 2. The number of carbonyl (C=O) groups is 2. The highest BCUT2D eigenvalue weighted by Crippen LogP contribution is 2.46. The van der Waals surface area contributed by atoms with Crippen LogP contribution in [0, 0.1) is 11.3 Å². The number of esters is 1. The van der Waals surface area contributed by atoms with E-state index in [2.05, 4.69) is 37.9 Å². The predicted molar refractivity (Wildman–Crippen MR) is 160 cm³/mol. The molecule has 0 bridgehead atoms. The van der Waals surface area contributed by atoms with Gasteiger partial charge >= 0.3 is 5.97 Å². The Morgan fingerprint density at radius 2 is 1.64 bits per heavy atom. The standard InChI is InChI=1S/C32H22Br2N2O3/c1-39-31(38)25(17-21-10-11-22-6-2-3-7-24(22)16-21)18-32(20-35)28-9-5-4-8-27(28)29(34)19-36(32)30(37)23-12-14-26(33)15-13-23/h2-17,19H,18H2,1H3/b25-17+. The molecule has 1 aliphatic heterocycles. The first kappa shape index (κ1) is 26.6. The third-order valence-electron chi connectivity index (χ3n) is 6.79. The van der Waals surface area contributed by atoms with E-state index in [1.807, 2.05) is 66.7 Å². The van der Waals surface area contributed by atoms with E-state index in [9.17, 15) is 14.9 Å². The van der Waals surface area contributed by atoms with E-state index >= 15 is 0 Å². The Hall–Kier alpha value is -3.99. The van der Waals surface area contributed by atoms with Crippen LogP contribution >= 0.6 is 31.9 Å². The van der Waals surface area contributed by atoms with Crippen molar-refractivity contribution in [1.29, 1.82) is 5.26 Å². The van der Waals surface area contributed by atoms with E-state index < -0.39 is 11.5 Å². The van der Waals surface area contributed by atoms with Crippen molar-refractivity contribution >= 4 is 65.1 Å². The number of halogens is 2. The minimum absolute atomic E-state index is 0.0843. The summed E-state index contributed by atoms with van der Waals surface area (Å²) in [7, 11) is 1.31. The maximum Gasteiger partial charge on any atom is 0.333 e. The van der Waals surface area contributed by atoms with Crippen LogP contribution in [-0.2, 0) is 15.1 Å². The molecule has 0 spiro atoms. The van der Waals surface area contributed by atoms with Gasteiger partial charge in [-0.15, -0.1) is 0 Å². The van der Waals surface area contributed by atoms with Crippen molar-refractivity contribution in [3.63, 3.8) is 0 Å².